The summed E-state index contributed by atoms with van der Waals surface area (Å²) >= 11 is 0. The number of ether oxygens (including phenoxy) is 1. The monoisotopic (exact) mass is 614 g/mol. The fraction of sp³-hybridized carbons (Fsp3) is 0.606. The van der Waals surface area contributed by atoms with Gasteiger partial charge in [-0.3, -0.25) is 4.79 Å². The molecule has 3 atom stereocenters. The molecule has 43 heavy (non-hydrogen) atoms. The van der Waals surface area contributed by atoms with Crippen LogP contribution in [0, 0.1) is 5.41 Å². The van der Waals surface area contributed by atoms with E-state index in [2.05, 4.69) is 6.92 Å². The summed E-state index contributed by atoms with van der Waals surface area (Å²) in [6.07, 6.45) is -1.51. The summed E-state index contributed by atoms with van der Waals surface area (Å²) in [4.78, 5) is 12.0. The summed E-state index contributed by atoms with van der Waals surface area (Å²) in [7, 11) is 0. The van der Waals surface area contributed by atoms with Crippen LogP contribution in [0.2, 0.25) is 0 Å². The van der Waals surface area contributed by atoms with Gasteiger partial charge in [0.25, 0.3) is 0 Å². The first-order valence-electron chi connectivity index (χ1n) is 15.1. The maximum Gasteiger partial charge on any atom is 0.453 e. The van der Waals surface area contributed by atoms with Gasteiger partial charge in [0.2, 0.25) is 0 Å². The molecule has 0 saturated heterocycles. The number of rotatable bonds is 16. The van der Waals surface area contributed by atoms with Crippen molar-refractivity contribution >= 4 is 5.97 Å². The number of carbonyl (C=O) groups is 1. The summed E-state index contributed by atoms with van der Waals surface area (Å²) in [6.45, 7) is 4.21. The van der Waals surface area contributed by atoms with Crippen molar-refractivity contribution in [2.24, 2.45) is 5.41 Å². The van der Waals surface area contributed by atoms with Gasteiger partial charge in [0.1, 0.15) is 17.2 Å². The standard InChI is InChI=1S/C33H43F5O5/c1-3-31(29(41)42,19-10-20-32(34,35)33(36,37)38)18-9-7-5-4-6-8-11-27-26-17-16-25(40)21-28(26)43-22-30(27,2)23-12-14-24(39)15-13-23/h12-17,21,27,39-40H,3-11,18-20,22H2,1-2H3,(H,41,42). The zero-order valence-electron chi connectivity index (χ0n) is 24.9. The van der Waals surface area contributed by atoms with Crippen LogP contribution in [0.4, 0.5) is 22.0 Å². The average Bonchev–Trinajstić information content (AvgIpc) is 2.94. The molecule has 0 spiro atoms. The minimum Gasteiger partial charge on any atom is -0.508 e. The lowest BCUT2D eigenvalue weighted by Crippen LogP contribution is -2.40. The highest BCUT2D eigenvalue weighted by Crippen LogP contribution is 2.50. The molecular weight excluding hydrogens is 571 g/mol. The molecule has 2 aromatic carbocycles. The van der Waals surface area contributed by atoms with Crippen molar-refractivity contribution in [2.45, 2.75) is 114 Å². The van der Waals surface area contributed by atoms with Gasteiger partial charge in [0.15, 0.2) is 0 Å². The number of aromatic hydroxyl groups is 2. The van der Waals surface area contributed by atoms with Crippen LogP contribution in [-0.4, -0.2) is 40.0 Å². The Morgan fingerprint density at radius 3 is 2.05 bits per heavy atom. The summed E-state index contributed by atoms with van der Waals surface area (Å²) in [6, 6.07) is 12.3. The summed E-state index contributed by atoms with van der Waals surface area (Å²) < 4.78 is 70.2. The normalized spacial score (nSPS) is 20.2. The van der Waals surface area contributed by atoms with Crippen LogP contribution >= 0.6 is 0 Å². The zero-order valence-corrected chi connectivity index (χ0v) is 24.9. The summed E-state index contributed by atoms with van der Waals surface area (Å²) in [5.74, 6) is -4.85. The second-order valence-corrected chi connectivity index (χ2v) is 12.2. The number of hydrogen-bond donors (Lipinski definition) is 3. The molecule has 240 valence electrons. The first-order chi connectivity index (χ1) is 20.1. The summed E-state index contributed by atoms with van der Waals surface area (Å²) in [5.41, 5.74) is 0.430. The van der Waals surface area contributed by atoms with Crippen LogP contribution in [0.3, 0.4) is 0 Å². The Balaban J connectivity index is 1.50. The molecule has 0 saturated carbocycles. The van der Waals surface area contributed by atoms with Crippen LogP contribution in [0.1, 0.15) is 108 Å². The van der Waals surface area contributed by atoms with Crippen LogP contribution in [0.25, 0.3) is 0 Å². The topological polar surface area (TPSA) is 87.0 Å². The molecule has 0 fully saturated rings. The van der Waals surface area contributed by atoms with Gasteiger partial charge in [-0.1, -0.05) is 70.6 Å². The van der Waals surface area contributed by atoms with Crippen LogP contribution < -0.4 is 4.74 Å². The van der Waals surface area contributed by atoms with Crippen LogP contribution in [0.5, 0.6) is 17.2 Å². The van der Waals surface area contributed by atoms with Crippen LogP contribution in [0.15, 0.2) is 42.5 Å². The molecular formula is C33H43F5O5. The number of carboxylic acid groups (broad SMARTS) is 1. The van der Waals surface area contributed by atoms with Crippen molar-refractivity contribution in [3.63, 3.8) is 0 Å². The molecule has 10 heteroatoms. The Kier molecular flexibility index (Phi) is 11.3. The molecule has 0 aromatic heterocycles. The molecule has 3 rings (SSSR count). The van der Waals surface area contributed by atoms with E-state index in [9.17, 15) is 42.1 Å². The number of fused-ring (bicyclic) bond motifs is 1. The third-order valence-electron chi connectivity index (χ3n) is 9.29. The first kappa shape index (κ1) is 34.5. The van der Waals surface area contributed by atoms with E-state index in [1.54, 1.807) is 31.2 Å². The Labute approximate surface area is 250 Å². The maximum absolute atomic E-state index is 13.3. The Hall–Kier alpha value is -3.04. The molecule has 0 radical (unpaired) electrons. The number of hydrogen-bond acceptors (Lipinski definition) is 4. The predicted molar refractivity (Wildman–Crippen MR) is 154 cm³/mol. The highest BCUT2D eigenvalue weighted by Gasteiger charge is 2.56. The molecule has 3 unspecified atom stereocenters. The zero-order chi connectivity index (χ0) is 31.9. The fourth-order valence-corrected chi connectivity index (χ4v) is 6.36. The van der Waals surface area contributed by atoms with Gasteiger partial charge in [-0.25, -0.2) is 0 Å². The van der Waals surface area contributed by atoms with E-state index in [1.165, 1.54) is 0 Å². The number of alkyl halides is 5. The quantitative estimate of drug-likeness (QED) is 0.130. The van der Waals surface area contributed by atoms with Gasteiger partial charge in [-0.2, -0.15) is 22.0 Å². The second kappa shape index (κ2) is 14.2. The van der Waals surface area contributed by atoms with Crippen LogP contribution in [-0.2, 0) is 10.2 Å². The Morgan fingerprint density at radius 2 is 1.44 bits per heavy atom. The van der Waals surface area contributed by atoms with E-state index in [1.807, 2.05) is 18.2 Å². The van der Waals surface area contributed by atoms with Crippen molar-refractivity contribution in [1.82, 2.24) is 0 Å². The Morgan fingerprint density at radius 1 is 0.860 bits per heavy atom. The second-order valence-electron chi connectivity index (χ2n) is 12.2. The minimum absolute atomic E-state index is 0.117. The largest absolute Gasteiger partial charge is 0.508 e. The lowest BCUT2D eigenvalue weighted by Gasteiger charge is -2.43. The molecule has 1 aliphatic heterocycles. The van der Waals surface area contributed by atoms with Crippen molar-refractivity contribution in [3.05, 3.63) is 53.6 Å². The number of carboxylic acids is 1. The molecule has 0 bridgehead atoms. The fourth-order valence-electron chi connectivity index (χ4n) is 6.36. The van der Waals surface area contributed by atoms with Gasteiger partial charge in [-0.05, 0) is 61.4 Å². The van der Waals surface area contributed by atoms with Crippen molar-refractivity contribution in [1.29, 1.82) is 0 Å². The lowest BCUT2D eigenvalue weighted by atomic mass is 9.66. The van der Waals surface area contributed by atoms with E-state index >= 15 is 0 Å². The molecule has 1 heterocycles. The Bertz CT molecular complexity index is 1200. The highest BCUT2D eigenvalue weighted by molar-refractivity contribution is 5.74. The van der Waals surface area contributed by atoms with Gasteiger partial charge >= 0.3 is 18.1 Å². The highest BCUT2D eigenvalue weighted by atomic mass is 19.4. The van der Waals surface area contributed by atoms with E-state index < -0.39 is 36.3 Å². The molecule has 3 N–H and O–H groups in total. The SMILES string of the molecule is CCC(CCCCCCCCC1c2ccc(O)cc2OCC1(C)c1ccc(O)cc1)(CCCC(F)(F)C(F)(F)F)C(=O)O. The number of aliphatic carboxylic acids is 1. The van der Waals surface area contributed by atoms with Crippen molar-refractivity contribution < 1.29 is 46.8 Å². The minimum atomic E-state index is -5.63. The third-order valence-corrected chi connectivity index (χ3v) is 9.29. The van der Waals surface area contributed by atoms with E-state index in [0.717, 1.165) is 49.7 Å². The lowest BCUT2D eigenvalue weighted by molar-refractivity contribution is -0.284. The smallest absolute Gasteiger partial charge is 0.453 e. The summed E-state index contributed by atoms with van der Waals surface area (Å²) in [5, 5.41) is 29.5. The number of halogens is 5. The number of phenolic OH excluding ortho intramolecular Hbond substituents is 2. The molecule has 5 nitrogen and oxygen atoms in total. The van der Waals surface area contributed by atoms with Crippen molar-refractivity contribution in [3.8, 4) is 17.2 Å². The van der Waals surface area contributed by atoms with Gasteiger partial charge in [-0.15, -0.1) is 0 Å². The number of phenols is 2. The van der Waals surface area contributed by atoms with E-state index in [4.69, 9.17) is 4.74 Å². The number of benzene rings is 2. The average molecular weight is 615 g/mol. The van der Waals surface area contributed by atoms with E-state index in [-0.39, 0.29) is 42.1 Å². The van der Waals surface area contributed by atoms with Crippen molar-refractivity contribution in [2.75, 3.05) is 6.61 Å². The van der Waals surface area contributed by atoms with Gasteiger partial charge < -0.3 is 20.1 Å². The molecule has 2 aromatic rings. The molecule has 0 amide bonds. The number of unbranched alkanes of at least 4 members (excludes halogenated alkanes) is 5. The molecule has 1 aliphatic rings. The predicted octanol–water partition coefficient (Wildman–Crippen LogP) is 9.50. The van der Waals surface area contributed by atoms with E-state index in [0.29, 0.717) is 18.8 Å². The third kappa shape index (κ3) is 8.32. The maximum atomic E-state index is 13.3. The van der Waals surface area contributed by atoms with Gasteiger partial charge in [0, 0.05) is 23.8 Å². The first-order valence-corrected chi connectivity index (χ1v) is 15.1. The van der Waals surface area contributed by atoms with Gasteiger partial charge in [0.05, 0.1) is 12.0 Å². The molecule has 0 aliphatic carbocycles.